The molecule has 0 unspecified atom stereocenters. The Morgan fingerprint density at radius 2 is 1.56 bits per heavy atom. The maximum absolute atomic E-state index is 13.3. The molecule has 232 valence electrons. The number of nitrogens with one attached hydrogen (secondary N) is 2. The van der Waals surface area contributed by atoms with E-state index >= 15 is 0 Å². The zero-order chi connectivity index (χ0) is 31.4. The molecule has 3 aromatic rings. The molecule has 11 nitrogen and oxygen atoms in total. The summed E-state index contributed by atoms with van der Waals surface area (Å²) in [6.07, 6.45) is 1.04. The van der Waals surface area contributed by atoms with Crippen LogP contribution >= 0.6 is 23.2 Å². The van der Waals surface area contributed by atoms with Crippen LogP contribution in [0.25, 0.3) is 0 Å². The molecule has 0 spiro atoms. The third-order valence-corrected chi connectivity index (χ3v) is 10.5. The van der Waals surface area contributed by atoms with E-state index in [2.05, 4.69) is 10.6 Å². The molecule has 1 aliphatic rings. The first-order chi connectivity index (χ1) is 20.3. The van der Waals surface area contributed by atoms with Crippen LogP contribution in [-0.4, -0.2) is 84.8 Å². The Morgan fingerprint density at radius 1 is 0.930 bits per heavy atom. The number of anilines is 3. The van der Waals surface area contributed by atoms with Crippen LogP contribution in [0.3, 0.4) is 0 Å². The zero-order valence-corrected chi connectivity index (χ0v) is 26.8. The van der Waals surface area contributed by atoms with Crippen LogP contribution in [0.15, 0.2) is 65.6 Å². The molecule has 15 heteroatoms. The number of hydrogen-bond acceptors (Lipinski definition) is 8. The van der Waals surface area contributed by atoms with Gasteiger partial charge >= 0.3 is 0 Å². The van der Waals surface area contributed by atoms with Gasteiger partial charge in [-0.2, -0.15) is 4.31 Å². The van der Waals surface area contributed by atoms with Crippen LogP contribution in [0.1, 0.15) is 15.9 Å². The fraction of sp³-hybridized carbons (Fsp3) is 0.321. The lowest BCUT2D eigenvalue weighted by Gasteiger charge is -2.35. The number of nitrogens with zero attached hydrogens (tertiary/aromatic N) is 3. The number of benzene rings is 3. The van der Waals surface area contributed by atoms with Gasteiger partial charge in [-0.15, -0.1) is 0 Å². The summed E-state index contributed by atoms with van der Waals surface area (Å²) in [6.45, 7) is 2.12. The number of carbonyl (C=O) groups is 1. The molecule has 4 rings (SSSR count). The van der Waals surface area contributed by atoms with Gasteiger partial charge in [0.05, 0.1) is 29.0 Å². The summed E-state index contributed by atoms with van der Waals surface area (Å²) in [7, 11) is -6.09. The van der Waals surface area contributed by atoms with Crippen molar-refractivity contribution in [3.05, 3.63) is 81.8 Å². The molecule has 0 bridgehead atoms. The number of hydrogen-bond donors (Lipinski definition) is 3. The second-order valence-corrected chi connectivity index (χ2v) is 14.8. The highest BCUT2D eigenvalue weighted by Crippen LogP contribution is 2.28. The van der Waals surface area contributed by atoms with Crippen molar-refractivity contribution in [1.29, 1.82) is 0 Å². The average molecular weight is 671 g/mol. The van der Waals surface area contributed by atoms with Crippen molar-refractivity contribution in [2.24, 2.45) is 0 Å². The lowest BCUT2D eigenvalue weighted by atomic mass is 10.1. The first-order valence-corrected chi connectivity index (χ1v) is 17.3. The molecular weight excluding hydrogens is 637 g/mol. The van der Waals surface area contributed by atoms with Gasteiger partial charge in [0.2, 0.25) is 20.0 Å². The summed E-state index contributed by atoms with van der Waals surface area (Å²) in [5, 5.41) is 15.8. The second-order valence-electron chi connectivity index (χ2n) is 9.98. The number of carbonyl (C=O) groups excluding carboxylic acids is 1. The summed E-state index contributed by atoms with van der Waals surface area (Å²) >= 11 is 12.2. The molecule has 0 atom stereocenters. The van der Waals surface area contributed by atoms with Crippen molar-refractivity contribution in [1.82, 2.24) is 9.62 Å². The van der Waals surface area contributed by atoms with Crippen LogP contribution in [-0.2, 0) is 26.6 Å². The molecule has 1 aliphatic heterocycles. The van der Waals surface area contributed by atoms with Gasteiger partial charge in [0, 0.05) is 67.7 Å². The number of aliphatic hydroxyl groups excluding tert-OH is 1. The van der Waals surface area contributed by atoms with Crippen LogP contribution in [0.4, 0.5) is 17.1 Å². The highest BCUT2D eigenvalue weighted by molar-refractivity contribution is 7.92. The molecule has 0 radical (unpaired) electrons. The number of rotatable bonds is 11. The highest BCUT2D eigenvalue weighted by atomic mass is 35.5. The van der Waals surface area contributed by atoms with Crippen molar-refractivity contribution in [2.75, 3.05) is 67.2 Å². The Bertz CT molecular complexity index is 1660. The third kappa shape index (κ3) is 8.18. The van der Waals surface area contributed by atoms with E-state index in [1.165, 1.54) is 35.6 Å². The minimum Gasteiger partial charge on any atom is -0.395 e. The quantitative estimate of drug-likeness (QED) is 0.265. The number of aliphatic hydroxyl groups is 1. The largest absolute Gasteiger partial charge is 0.395 e. The molecule has 1 heterocycles. The minimum atomic E-state index is -3.79. The van der Waals surface area contributed by atoms with Crippen molar-refractivity contribution < 1.29 is 26.7 Å². The summed E-state index contributed by atoms with van der Waals surface area (Å²) in [4.78, 5) is 15.4. The van der Waals surface area contributed by atoms with Gasteiger partial charge in [0.1, 0.15) is 0 Å². The van der Waals surface area contributed by atoms with E-state index in [0.717, 1.165) is 16.2 Å². The first-order valence-electron chi connectivity index (χ1n) is 13.3. The number of amides is 1. The van der Waals surface area contributed by atoms with E-state index in [1.54, 1.807) is 36.4 Å². The Labute approximate surface area is 262 Å². The third-order valence-electron chi connectivity index (χ3n) is 6.96. The highest BCUT2D eigenvalue weighted by Gasteiger charge is 2.29. The first kappa shape index (κ1) is 33.0. The summed E-state index contributed by atoms with van der Waals surface area (Å²) in [5.41, 5.74) is 2.18. The van der Waals surface area contributed by atoms with E-state index in [1.807, 2.05) is 4.90 Å². The average Bonchev–Trinajstić information content (AvgIpc) is 2.96. The van der Waals surface area contributed by atoms with E-state index in [0.29, 0.717) is 47.5 Å². The van der Waals surface area contributed by atoms with Gasteiger partial charge in [0.15, 0.2) is 0 Å². The Hall–Kier alpha value is -2.91. The predicted molar refractivity (Wildman–Crippen MR) is 170 cm³/mol. The Balaban J connectivity index is 1.47. The summed E-state index contributed by atoms with van der Waals surface area (Å²) in [6, 6.07) is 15.9. The summed E-state index contributed by atoms with van der Waals surface area (Å²) < 4.78 is 53.6. The molecule has 3 aromatic carbocycles. The standard InChI is InChI=1S/C28H33Cl2N5O6S2/c1-33(42(2,38)39)27-8-3-20(19-31-9-14-36)15-26(27)28(37)32-23-4-6-25(7-5-23)43(40,41)35-12-10-34(11-13-35)24-17-21(29)16-22(30)18-24/h3-8,15-18,31,36H,9-14,19H2,1-2H3,(H,32,37). The molecule has 0 saturated carbocycles. The van der Waals surface area contributed by atoms with Gasteiger partial charge < -0.3 is 20.6 Å². The van der Waals surface area contributed by atoms with Gasteiger partial charge in [0.25, 0.3) is 5.91 Å². The maximum atomic E-state index is 13.3. The fourth-order valence-electron chi connectivity index (χ4n) is 4.61. The number of sulfonamides is 2. The van der Waals surface area contributed by atoms with Crippen molar-refractivity contribution in [3.63, 3.8) is 0 Å². The number of piperazine rings is 1. The lowest BCUT2D eigenvalue weighted by molar-refractivity contribution is 0.102. The smallest absolute Gasteiger partial charge is 0.257 e. The van der Waals surface area contributed by atoms with E-state index in [9.17, 15) is 21.6 Å². The van der Waals surface area contributed by atoms with Crippen LogP contribution in [0.5, 0.6) is 0 Å². The SMILES string of the molecule is CN(c1ccc(CNCCO)cc1C(=O)Nc1ccc(S(=O)(=O)N2CCN(c3cc(Cl)cc(Cl)c3)CC2)cc1)S(C)(=O)=O. The van der Waals surface area contributed by atoms with E-state index in [4.69, 9.17) is 28.3 Å². The van der Waals surface area contributed by atoms with Crippen LogP contribution < -0.4 is 19.8 Å². The molecule has 1 amide bonds. The normalized spacial score (nSPS) is 14.5. The maximum Gasteiger partial charge on any atom is 0.257 e. The minimum absolute atomic E-state index is 0.0531. The van der Waals surface area contributed by atoms with Gasteiger partial charge in [-0.25, -0.2) is 16.8 Å². The second kappa shape index (κ2) is 13.8. The molecule has 3 N–H and O–H groups in total. The van der Waals surface area contributed by atoms with Crippen molar-refractivity contribution >= 4 is 66.2 Å². The molecule has 43 heavy (non-hydrogen) atoms. The van der Waals surface area contributed by atoms with Gasteiger partial charge in [-0.1, -0.05) is 29.3 Å². The van der Waals surface area contributed by atoms with Crippen LogP contribution in [0.2, 0.25) is 10.0 Å². The zero-order valence-electron chi connectivity index (χ0n) is 23.6. The van der Waals surface area contributed by atoms with Crippen LogP contribution in [0, 0.1) is 0 Å². The van der Waals surface area contributed by atoms with Crippen molar-refractivity contribution in [3.8, 4) is 0 Å². The topological polar surface area (TPSA) is 139 Å². The summed E-state index contributed by atoms with van der Waals surface area (Å²) in [5.74, 6) is -0.567. The molecule has 0 aromatic heterocycles. The van der Waals surface area contributed by atoms with E-state index in [-0.39, 0.29) is 35.8 Å². The van der Waals surface area contributed by atoms with Crippen molar-refractivity contribution in [2.45, 2.75) is 11.4 Å². The lowest BCUT2D eigenvalue weighted by Crippen LogP contribution is -2.48. The Kier molecular flexibility index (Phi) is 10.6. The number of halogens is 2. The predicted octanol–water partition coefficient (Wildman–Crippen LogP) is 3.23. The van der Waals surface area contributed by atoms with Gasteiger partial charge in [-0.05, 0) is 60.2 Å². The Morgan fingerprint density at radius 3 is 2.14 bits per heavy atom. The molecular formula is C28H33Cl2N5O6S2. The monoisotopic (exact) mass is 669 g/mol. The van der Waals surface area contributed by atoms with E-state index < -0.39 is 26.0 Å². The molecule has 0 aliphatic carbocycles. The molecule has 1 saturated heterocycles. The van der Waals surface area contributed by atoms with Gasteiger partial charge in [-0.3, -0.25) is 9.10 Å². The molecule has 1 fully saturated rings. The fourth-order valence-corrected chi connectivity index (χ4v) is 7.06.